The van der Waals surface area contributed by atoms with Crippen LogP contribution in [0, 0.1) is 0 Å². The molecule has 0 amide bonds. The van der Waals surface area contributed by atoms with Gasteiger partial charge in [0.2, 0.25) is 0 Å². The first-order valence-electron chi connectivity index (χ1n) is 9.92. The van der Waals surface area contributed by atoms with Gasteiger partial charge in [0.1, 0.15) is 0 Å². The lowest BCUT2D eigenvalue weighted by Crippen LogP contribution is -2.10. The van der Waals surface area contributed by atoms with Gasteiger partial charge in [0.15, 0.2) is 0 Å². The van der Waals surface area contributed by atoms with Gasteiger partial charge in [0.25, 0.3) is 0 Å². The first-order valence-corrected chi connectivity index (χ1v) is 11.0. The summed E-state index contributed by atoms with van der Waals surface area (Å²) < 4.78 is 0. The van der Waals surface area contributed by atoms with E-state index in [-0.39, 0.29) is 5.41 Å². The van der Waals surface area contributed by atoms with Crippen molar-refractivity contribution in [3.05, 3.63) is 41.5 Å². The summed E-state index contributed by atoms with van der Waals surface area (Å²) in [6, 6.07) is 9.33. The summed E-state index contributed by atoms with van der Waals surface area (Å²) in [5, 5.41) is 0.908. The lowest BCUT2D eigenvalue weighted by molar-refractivity contribution is 0.516. The normalized spacial score (nSPS) is 17.2. The SMILES string of the molecule is CCCC/C(=C\CSC1CCCCC1)c1ccc(C(C)(C)C)cc1. The third kappa shape index (κ3) is 6.31. The van der Waals surface area contributed by atoms with Crippen molar-refractivity contribution in [2.24, 2.45) is 0 Å². The van der Waals surface area contributed by atoms with E-state index in [1.807, 2.05) is 0 Å². The van der Waals surface area contributed by atoms with Gasteiger partial charge in [-0.25, -0.2) is 0 Å². The fourth-order valence-corrected chi connectivity index (χ4v) is 4.67. The Hall–Kier alpha value is -0.690. The molecule has 134 valence electrons. The summed E-state index contributed by atoms with van der Waals surface area (Å²) in [6.07, 6.45) is 13.5. The number of hydrogen-bond donors (Lipinski definition) is 0. The van der Waals surface area contributed by atoms with Crippen LogP contribution < -0.4 is 0 Å². The van der Waals surface area contributed by atoms with E-state index in [0.717, 1.165) is 5.25 Å². The van der Waals surface area contributed by atoms with Crippen molar-refractivity contribution >= 4 is 17.3 Å². The molecule has 1 fully saturated rings. The van der Waals surface area contributed by atoms with Gasteiger partial charge in [-0.2, -0.15) is 11.8 Å². The molecule has 0 N–H and O–H groups in total. The van der Waals surface area contributed by atoms with Crippen LogP contribution in [0.5, 0.6) is 0 Å². The van der Waals surface area contributed by atoms with Crippen molar-refractivity contribution in [2.75, 3.05) is 5.75 Å². The molecule has 1 saturated carbocycles. The fraction of sp³-hybridized carbons (Fsp3) is 0.652. The summed E-state index contributed by atoms with van der Waals surface area (Å²) in [4.78, 5) is 0. The average Bonchev–Trinajstić information content (AvgIpc) is 2.58. The van der Waals surface area contributed by atoms with Gasteiger partial charge in [0, 0.05) is 11.0 Å². The van der Waals surface area contributed by atoms with E-state index in [0.29, 0.717) is 0 Å². The molecule has 1 aromatic carbocycles. The Kier molecular flexibility index (Phi) is 7.94. The second kappa shape index (κ2) is 9.70. The Balaban J connectivity index is 2.01. The molecule has 1 heteroatoms. The largest absolute Gasteiger partial charge is 0.154 e. The molecular formula is C23H36S. The zero-order valence-electron chi connectivity index (χ0n) is 16.2. The van der Waals surface area contributed by atoms with E-state index in [4.69, 9.17) is 0 Å². The van der Waals surface area contributed by atoms with E-state index in [1.54, 1.807) is 5.57 Å². The van der Waals surface area contributed by atoms with Crippen molar-refractivity contribution in [1.82, 2.24) is 0 Å². The standard InChI is InChI=1S/C23H36S/c1-5-6-10-19(17-18-24-22-11-8-7-9-12-22)20-13-15-21(16-14-20)23(2,3)4/h13-17,22H,5-12,18H2,1-4H3/b19-17+. The fourth-order valence-electron chi connectivity index (χ4n) is 3.43. The number of thioether (sulfide) groups is 1. The van der Waals surface area contributed by atoms with Crippen LogP contribution in [0.2, 0.25) is 0 Å². The highest BCUT2D eigenvalue weighted by Gasteiger charge is 2.14. The molecule has 2 rings (SSSR count). The van der Waals surface area contributed by atoms with Crippen LogP contribution in [0.4, 0.5) is 0 Å². The minimum absolute atomic E-state index is 0.239. The quantitative estimate of drug-likeness (QED) is 0.490. The molecule has 0 aliphatic heterocycles. The molecule has 1 aliphatic rings. The maximum atomic E-state index is 2.51. The maximum absolute atomic E-state index is 2.51. The van der Waals surface area contributed by atoms with Gasteiger partial charge < -0.3 is 0 Å². The molecule has 24 heavy (non-hydrogen) atoms. The summed E-state index contributed by atoms with van der Waals surface area (Å²) in [7, 11) is 0. The molecule has 0 atom stereocenters. The van der Waals surface area contributed by atoms with Crippen LogP contribution in [0.3, 0.4) is 0 Å². The predicted octanol–water partition coefficient (Wildman–Crippen LogP) is 7.62. The summed E-state index contributed by atoms with van der Waals surface area (Å²) in [6.45, 7) is 9.15. The van der Waals surface area contributed by atoms with Gasteiger partial charge in [-0.15, -0.1) is 0 Å². The monoisotopic (exact) mass is 344 g/mol. The highest BCUT2D eigenvalue weighted by Crippen LogP contribution is 2.30. The van der Waals surface area contributed by atoms with E-state index < -0.39 is 0 Å². The minimum atomic E-state index is 0.239. The van der Waals surface area contributed by atoms with Gasteiger partial charge >= 0.3 is 0 Å². The molecule has 0 heterocycles. The van der Waals surface area contributed by atoms with Gasteiger partial charge in [-0.1, -0.05) is 83.7 Å². The van der Waals surface area contributed by atoms with E-state index in [2.05, 4.69) is 69.8 Å². The van der Waals surface area contributed by atoms with E-state index in [1.165, 1.54) is 68.2 Å². The molecule has 1 aliphatic carbocycles. The Morgan fingerprint density at radius 2 is 1.75 bits per heavy atom. The molecule has 0 spiro atoms. The second-order valence-electron chi connectivity index (χ2n) is 8.25. The molecular weight excluding hydrogens is 308 g/mol. The average molecular weight is 345 g/mol. The highest BCUT2D eigenvalue weighted by molar-refractivity contribution is 8.00. The number of unbranched alkanes of at least 4 members (excludes halogenated alkanes) is 1. The van der Waals surface area contributed by atoms with Gasteiger partial charge in [-0.05, 0) is 47.8 Å². The van der Waals surface area contributed by atoms with Crippen LogP contribution >= 0.6 is 11.8 Å². The molecule has 0 radical (unpaired) electrons. The number of benzene rings is 1. The van der Waals surface area contributed by atoms with Gasteiger partial charge in [0.05, 0.1) is 0 Å². The lowest BCUT2D eigenvalue weighted by atomic mass is 9.86. The molecule has 0 saturated heterocycles. The van der Waals surface area contributed by atoms with Crippen molar-refractivity contribution in [3.63, 3.8) is 0 Å². The Bertz CT molecular complexity index is 498. The molecule has 0 unspecified atom stereocenters. The zero-order valence-corrected chi connectivity index (χ0v) is 17.1. The van der Waals surface area contributed by atoms with Crippen molar-refractivity contribution in [3.8, 4) is 0 Å². The van der Waals surface area contributed by atoms with Crippen molar-refractivity contribution in [1.29, 1.82) is 0 Å². The maximum Gasteiger partial charge on any atom is 0.0122 e. The number of rotatable bonds is 7. The van der Waals surface area contributed by atoms with Crippen LogP contribution in [-0.4, -0.2) is 11.0 Å². The summed E-state index contributed by atoms with van der Waals surface area (Å²) >= 11 is 2.18. The third-order valence-electron chi connectivity index (χ3n) is 5.14. The van der Waals surface area contributed by atoms with Crippen LogP contribution in [0.25, 0.3) is 5.57 Å². The second-order valence-corrected chi connectivity index (χ2v) is 9.59. The highest BCUT2D eigenvalue weighted by atomic mass is 32.2. The molecule has 0 bridgehead atoms. The Labute approximate surface area is 154 Å². The van der Waals surface area contributed by atoms with Crippen LogP contribution in [0.1, 0.15) is 90.2 Å². The smallest absolute Gasteiger partial charge is 0.0122 e. The topological polar surface area (TPSA) is 0 Å². The predicted molar refractivity (Wildman–Crippen MR) is 112 cm³/mol. The third-order valence-corrected chi connectivity index (χ3v) is 6.44. The van der Waals surface area contributed by atoms with E-state index >= 15 is 0 Å². The summed E-state index contributed by atoms with van der Waals surface area (Å²) in [5.74, 6) is 1.19. The van der Waals surface area contributed by atoms with E-state index in [9.17, 15) is 0 Å². The zero-order chi connectivity index (χ0) is 17.4. The minimum Gasteiger partial charge on any atom is -0.154 e. The molecule has 0 aromatic heterocycles. The van der Waals surface area contributed by atoms with Gasteiger partial charge in [-0.3, -0.25) is 0 Å². The summed E-state index contributed by atoms with van der Waals surface area (Å²) in [5.41, 5.74) is 4.65. The molecule has 0 nitrogen and oxygen atoms in total. The first-order chi connectivity index (χ1) is 11.5. The lowest BCUT2D eigenvalue weighted by Gasteiger charge is -2.21. The van der Waals surface area contributed by atoms with Crippen LogP contribution in [0.15, 0.2) is 30.3 Å². The first kappa shape index (κ1) is 19.6. The van der Waals surface area contributed by atoms with Crippen molar-refractivity contribution < 1.29 is 0 Å². The van der Waals surface area contributed by atoms with Crippen LogP contribution in [-0.2, 0) is 5.41 Å². The number of allylic oxidation sites excluding steroid dienone is 1. The Morgan fingerprint density at radius 3 is 2.33 bits per heavy atom. The number of hydrogen-bond acceptors (Lipinski definition) is 1. The Morgan fingerprint density at radius 1 is 1.08 bits per heavy atom. The van der Waals surface area contributed by atoms with Crippen molar-refractivity contribution in [2.45, 2.75) is 89.7 Å². The molecule has 1 aromatic rings.